The fourth-order valence-electron chi connectivity index (χ4n) is 3.10. The third-order valence-electron chi connectivity index (χ3n) is 4.62. The number of fused-ring (bicyclic) bond motifs is 1. The van der Waals surface area contributed by atoms with Gasteiger partial charge in [0.25, 0.3) is 5.91 Å². The van der Waals surface area contributed by atoms with E-state index in [2.05, 4.69) is 10.3 Å². The minimum Gasteiger partial charge on any atom is -0.298 e. The topological polar surface area (TPSA) is 79.4 Å². The van der Waals surface area contributed by atoms with Gasteiger partial charge in [-0.25, -0.2) is 13.4 Å². The Morgan fingerprint density at radius 2 is 1.73 bits per heavy atom. The number of carbonyl (C=O) groups is 1. The largest absolute Gasteiger partial charge is 0.298 e. The van der Waals surface area contributed by atoms with Crippen LogP contribution in [0.5, 0.6) is 0 Å². The van der Waals surface area contributed by atoms with Crippen molar-refractivity contribution in [3.05, 3.63) is 52.5 Å². The first-order chi connectivity index (χ1) is 14.3. The van der Waals surface area contributed by atoms with Crippen LogP contribution in [0.3, 0.4) is 0 Å². The third kappa shape index (κ3) is 4.67. The van der Waals surface area contributed by atoms with Crippen molar-refractivity contribution in [3.8, 4) is 0 Å². The number of nitrogens with one attached hydrogen (secondary N) is 1. The maximum absolute atomic E-state index is 12.9. The zero-order chi connectivity index (χ0) is 21.9. The molecule has 1 aromatic heterocycles. The van der Waals surface area contributed by atoms with Crippen LogP contribution in [0.1, 0.15) is 42.6 Å². The fourth-order valence-corrected chi connectivity index (χ4v) is 5.94. The summed E-state index contributed by atoms with van der Waals surface area (Å²) >= 11 is 7.53. The number of sulfonamides is 1. The summed E-state index contributed by atoms with van der Waals surface area (Å²) in [6.07, 6.45) is 1.48. The second kappa shape index (κ2) is 9.43. The number of hydrogen-bond acceptors (Lipinski definition) is 5. The van der Waals surface area contributed by atoms with Crippen molar-refractivity contribution < 1.29 is 13.2 Å². The monoisotopic (exact) mass is 465 g/mol. The van der Waals surface area contributed by atoms with Crippen LogP contribution < -0.4 is 5.32 Å². The van der Waals surface area contributed by atoms with E-state index in [1.807, 2.05) is 32.9 Å². The summed E-state index contributed by atoms with van der Waals surface area (Å²) in [5, 5.41) is 3.81. The molecule has 0 aliphatic rings. The highest BCUT2D eigenvalue weighted by Gasteiger charge is 2.23. The van der Waals surface area contributed by atoms with E-state index < -0.39 is 10.0 Å². The molecule has 0 fully saturated rings. The number of thiazole rings is 1. The Hall–Kier alpha value is -2.00. The van der Waals surface area contributed by atoms with Gasteiger partial charge in [0.2, 0.25) is 10.0 Å². The van der Waals surface area contributed by atoms with Gasteiger partial charge in [-0.15, -0.1) is 0 Å². The summed E-state index contributed by atoms with van der Waals surface area (Å²) < 4.78 is 28.0. The van der Waals surface area contributed by atoms with E-state index in [1.54, 1.807) is 0 Å². The molecule has 30 heavy (non-hydrogen) atoms. The number of amides is 1. The van der Waals surface area contributed by atoms with Gasteiger partial charge in [-0.1, -0.05) is 42.9 Å². The van der Waals surface area contributed by atoms with Crippen LogP contribution in [0, 0.1) is 6.92 Å². The van der Waals surface area contributed by atoms with Gasteiger partial charge in [-0.05, 0) is 55.7 Å². The minimum atomic E-state index is -3.58. The molecule has 3 aromatic rings. The molecule has 1 N–H and O–H groups in total. The maximum atomic E-state index is 12.9. The number of anilines is 1. The first-order valence-electron chi connectivity index (χ1n) is 9.75. The van der Waals surface area contributed by atoms with Crippen molar-refractivity contribution in [1.29, 1.82) is 0 Å². The Bertz CT molecular complexity index is 1110. The number of hydrogen-bond donors (Lipinski definition) is 1. The van der Waals surface area contributed by atoms with Gasteiger partial charge in [0.05, 0.1) is 20.1 Å². The number of rotatable bonds is 8. The van der Waals surface area contributed by atoms with Crippen LogP contribution in [0.25, 0.3) is 10.2 Å². The van der Waals surface area contributed by atoms with Crippen molar-refractivity contribution >= 4 is 54.2 Å². The average Bonchev–Trinajstić information content (AvgIpc) is 3.16. The first-order valence-corrected chi connectivity index (χ1v) is 12.4. The minimum absolute atomic E-state index is 0.184. The van der Waals surface area contributed by atoms with E-state index in [0.717, 1.165) is 28.6 Å². The summed E-state index contributed by atoms with van der Waals surface area (Å²) in [6, 6.07) is 9.68. The molecule has 6 nitrogen and oxygen atoms in total. The zero-order valence-corrected chi connectivity index (χ0v) is 19.5. The Labute approximate surface area is 185 Å². The predicted molar refractivity (Wildman–Crippen MR) is 123 cm³/mol. The lowest BCUT2D eigenvalue weighted by Crippen LogP contribution is -2.32. The summed E-state index contributed by atoms with van der Waals surface area (Å²) in [5.41, 5.74) is 2.09. The van der Waals surface area contributed by atoms with E-state index in [9.17, 15) is 13.2 Å². The van der Waals surface area contributed by atoms with Crippen LogP contribution >= 0.6 is 22.9 Å². The predicted octanol–water partition coefficient (Wildman–Crippen LogP) is 5.32. The molecule has 0 spiro atoms. The van der Waals surface area contributed by atoms with Crippen molar-refractivity contribution in [3.63, 3.8) is 0 Å². The van der Waals surface area contributed by atoms with Crippen molar-refractivity contribution in [1.82, 2.24) is 9.29 Å². The number of nitrogens with zero attached hydrogens (tertiary/aromatic N) is 2. The molecular weight excluding hydrogens is 442 g/mol. The van der Waals surface area contributed by atoms with Gasteiger partial charge in [-0.2, -0.15) is 4.31 Å². The van der Waals surface area contributed by atoms with Gasteiger partial charge in [0.15, 0.2) is 5.13 Å². The van der Waals surface area contributed by atoms with E-state index in [0.29, 0.717) is 28.8 Å². The van der Waals surface area contributed by atoms with Crippen molar-refractivity contribution in [2.75, 3.05) is 18.4 Å². The Morgan fingerprint density at radius 1 is 1.10 bits per heavy atom. The van der Waals surface area contributed by atoms with Gasteiger partial charge in [0, 0.05) is 18.7 Å². The average molecular weight is 466 g/mol. The highest BCUT2D eigenvalue weighted by atomic mass is 35.5. The molecule has 0 aliphatic heterocycles. The smallest absolute Gasteiger partial charge is 0.257 e. The van der Waals surface area contributed by atoms with E-state index in [-0.39, 0.29) is 10.8 Å². The molecule has 0 aliphatic carbocycles. The zero-order valence-electron chi connectivity index (χ0n) is 17.1. The summed E-state index contributed by atoms with van der Waals surface area (Å²) in [7, 11) is -3.58. The highest BCUT2D eigenvalue weighted by molar-refractivity contribution is 7.89. The van der Waals surface area contributed by atoms with Crippen LogP contribution in [-0.4, -0.2) is 36.7 Å². The van der Waals surface area contributed by atoms with Gasteiger partial charge < -0.3 is 0 Å². The lowest BCUT2D eigenvalue weighted by atomic mass is 10.2. The molecular formula is C21H24ClN3O3S2. The quantitative estimate of drug-likeness (QED) is 0.488. The lowest BCUT2D eigenvalue weighted by molar-refractivity contribution is 0.102. The van der Waals surface area contributed by atoms with E-state index in [4.69, 9.17) is 11.6 Å². The Morgan fingerprint density at radius 3 is 2.30 bits per heavy atom. The normalized spacial score (nSPS) is 11.9. The molecule has 0 bridgehead atoms. The molecule has 0 unspecified atom stereocenters. The van der Waals surface area contributed by atoms with Gasteiger partial charge in [-0.3, -0.25) is 10.1 Å². The number of benzene rings is 2. The van der Waals surface area contributed by atoms with Crippen LogP contribution in [-0.2, 0) is 10.0 Å². The standard InChI is InChI=1S/C21H24ClN3O3S2/c1-4-12-25(13-5-2)30(27,28)16-9-7-15(8-10-16)20(26)24-21-23-18-14(3)6-11-17(22)19(18)29-21/h6-11H,4-5,12-13H2,1-3H3,(H,23,24,26). The Balaban J connectivity index is 1.80. The van der Waals surface area contributed by atoms with Crippen LogP contribution in [0.2, 0.25) is 5.02 Å². The molecule has 0 saturated carbocycles. The number of halogens is 1. The molecule has 1 heterocycles. The number of aryl methyl sites for hydroxylation is 1. The Kier molecular flexibility index (Phi) is 7.13. The van der Waals surface area contributed by atoms with Crippen molar-refractivity contribution in [2.24, 2.45) is 0 Å². The first kappa shape index (κ1) is 22.7. The van der Waals surface area contributed by atoms with E-state index in [1.165, 1.54) is 39.9 Å². The van der Waals surface area contributed by atoms with Crippen molar-refractivity contribution in [2.45, 2.75) is 38.5 Å². The summed E-state index contributed by atoms with van der Waals surface area (Å²) in [5.74, 6) is -0.356. The van der Waals surface area contributed by atoms with Crippen LogP contribution in [0.15, 0.2) is 41.3 Å². The second-order valence-corrected chi connectivity index (χ2v) is 10.3. The highest BCUT2D eigenvalue weighted by Crippen LogP contribution is 2.34. The molecule has 0 atom stereocenters. The van der Waals surface area contributed by atoms with Gasteiger partial charge >= 0.3 is 0 Å². The second-order valence-electron chi connectivity index (χ2n) is 6.94. The summed E-state index contributed by atoms with van der Waals surface area (Å²) in [6.45, 7) is 6.77. The van der Waals surface area contributed by atoms with Gasteiger partial charge in [0.1, 0.15) is 0 Å². The SMILES string of the molecule is CCCN(CCC)S(=O)(=O)c1ccc(C(=O)Nc2nc3c(C)ccc(Cl)c3s2)cc1. The molecule has 2 aromatic carbocycles. The summed E-state index contributed by atoms with van der Waals surface area (Å²) in [4.78, 5) is 17.3. The van der Waals surface area contributed by atoms with Crippen LogP contribution in [0.4, 0.5) is 5.13 Å². The molecule has 0 saturated heterocycles. The maximum Gasteiger partial charge on any atom is 0.257 e. The molecule has 9 heteroatoms. The third-order valence-corrected chi connectivity index (χ3v) is 7.96. The molecule has 1 amide bonds. The lowest BCUT2D eigenvalue weighted by Gasteiger charge is -2.21. The number of carbonyl (C=O) groups excluding carboxylic acids is 1. The van der Waals surface area contributed by atoms with E-state index >= 15 is 0 Å². The number of aromatic nitrogens is 1. The molecule has 3 rings (SSSR count). The molecule has 0 radical (unpaired) electrons. The fraction of sp³-hybridized carbons (Fsp3) is 0.333. The molecule has 160 valence electrons.